The topological polar surface area (TPSA) is 100 Å². The molecule has 1 heterocycles. The first-order valence-electron chi connectivity index (χ1n) is 8.38. The van der Waals surface area contributed by atoms with Crippen molar-refractivity contribution in [2.45, 2.75) is 18.3 Å². The second-order valence-corrected chi connectivity index (χ2v) is 7.96. The van der Waals surface area contributed by atoms with Crippen LogP contribution in [0.25, 0.3) is 0 Å². The van der Waals surface area contributed by atoms with Gasteiger partial charge in [0, 0.05) is 10.6 Å². The van der Waals surface area contributed by atoms with Crippen molar-refractivity contribution in [2.24, 2.45) is 10.2 Å². The van der Waals surface area contributed by atoms with Gasteiger partial charge in [0.05, 0.1) is 17.7 Å². The molecule has 1 amide bonds. The lowest BCUT2D eigenvalue weighted by Crippen LogP contribution is -2.26. The number of carbonyl (C=O) groups excluding carboxylic acids is 1. The van der Waals surface area contributed by atoms with Crippen LogP contribution < -0.4 is 10.1 Å². The number of amidine groups is 1. The van der Waals surface area contributed by atoms with Crippen LogP contribution in [0.1, 0.15) is 17.5 Å². The molecule has 0 aromatic heterocycles. The molecular weight excluding hydrogens is 437 g/mol. The van der Waals surface area contributed by atoms with Crippen LogP contribution >= 0.6 is 35.0 Å². The first-order chi connectivity index (χ1) is 13.9. The molecule has 3 rings (SSSR count). The molecule has 0 unspecified atom stereocenters. The largest absolute Gasteiger partial charge is 0.487 e. The molecule has 29 heavy (non-hydrogen) atoms. The number of rotatable bonds is 7. The fourth-order valence-electron chi connectivity index (χ4n) is 2.45. The molecule has 1 fully saturated rings. The van der Waals surface area contributed by atoms with Crippen LogP contribution in [-0.4, -0.2) is 33.6 Å². The normalized spacial score (nSPS) is 17.7. The Balaban J connectivity index is 1.74. The number of aliphatic carboxylic acids is 1. The van der Waals surface area contributed by atoms with E-state index in [4.69, 9.17) is 33.0 Å². The Morgan fingerprint density at radius 1 is 1.28 bits per heavy atom. The Hall–Kier alpha value is -2.55. The van der Waals surface area contributed by atoms with Crippen molar-refractivity contribution >= 4 is 58.2 Å². The number of carboxylic acid groups (broad SMARTS) is 1. The molecule has 1 aliphatic heterocycles. The van der Waals surface area contributed by atoms with Crippen molar-refractivity contribution in [3.05, 3.63) is 63.6 Å². The van der Waals surface area contributed by atoms with Gasteiger partial charge in [-0.1, -0.05) is 65.3 Å². The lowest BCUT2D eigenvalue weighted by Gasteiger charge is -2.11. The number of carboxylic acids is 1. The minimum Gasteiger partial charge on any atom is -0.487 e. The van der Waals surface area contributed by atoms with Crippen molar-refractivity contribution in [3.8, 4) is 5.75 Å². The number of amides is 1. The Kier molecular flexibility index (Phi) is 7.13. The zero-order valence-corrected chi connectivity index (χ0v) is 17.2. The molecule has 2 aromatic rings. The molecule has 1 saturated heterocycles. The summed E-state index contributed by atoms with van der Waals surface area (Å²) in [4.78, 5) is 22.5. The summed E-state index contributed by atoms with van der Waals surface area (Å²) < 4.78 is 5.84. The molecule has 7 nitrogen and oxygen atoms in total. The number of thioether (sulfide) groups is 1. The standard InChI is InChI=1S/C19H15Cl2N3O4S/c20-13-6-12(9-22-24-19-23-18(27)15(29-19)8-16(25)26)17(14(21)7-13)28-10-11-4-2-1-3-5-11/h1-7,9,15H,8,10H2,(H,25,26)(H,23,24,27)/b22-9-/t15-/m0/s1. The van der Waals surface area contributed by atoms with Gasteiger partial charge in [0.2, 0.25) is 5.91 Å². The van der Waals surface area contributed by atoms with E-state index in [1.807, 2.05) is 30.3 Å². The molecule has 0 spiro atoms. The quantitative estimate of drug-likeness (QED) is 0.489. The van der Waals surface area contributed by atoms with Gasteiger partial charge < -0.3 is 15.2 Å². The summed E-state index contributed by atoms with van der Waals surface area (Å²) in [7, 11) is 0. The van der Waals surface area contributed by atoms with E-state index < -0.39 is 17.1 Å². The predicted molar refractivity (Wildman–Crippen MR) is 114 cm³/mol. The summed E-state index contributed by atoms with van der Waals surface area (Å²) in [5.74, 6) is -1.07. The van der Waals surface area contributed by atoms with Gasteiger partial charge in [-0.05, 0) is 17.7 Å². The zero-order valence-electron chi connectivity index (χ0n) is 14.8. The van der Waals surface area contributed by atoms with Crippen molar-refractivity contribution in [1.82, 2.24) is 5.32 Å². The first-order valence-corrected chi connectivity index (χ1v) is 10.0. The highest BCUT2D eigenvalue weighted by molar-refractivity contribution is 8.15. The van der Waals surface area contributed by atoms with Crippen LogP contribution in [-0.2, 0) is 16.2 Å². The van der Waals surface area contributed by atoms with Gasteiger partial charge in [-0.3, -0.25) is 9.59 Å². The Bertz CT molecular complexity index is 983. The monoisotopic (exact) mass is 451 g/mol. The minimum absolute atomic E-state index is 0.220. The molecule has 1 aliphatic rings. The Morgan fingerprint density at radius 2 is 2.03 bits per heavy atom. The molecule has 1 atom stereocenters. The molecule has 0 bridgehead atoms. The third-order valence-electron chi connectivity index (χ3n) is 3.74. The molecule has 0 radical (unpaired) electrons. The van der Waals surface area contributed by atoms with E-state index in [-0.39, 0.29) is 11.6 Å². The van der Waals surface area contributed by atoms with Crippen molar-refractivity contribution < 1.29 is 19.4 Å². The average molecular weight is 452 g/mol. The Morgan fingerprint density at radius 3 is 2.76 bits per heavy atom. The maximum absolute atomic E-state index is 11.7. The molecule has 10 heteroatoms. The summed E-state index contributed by atoms with van der Waals surface area (Å²) >= 11 is 13.4. The van der Waals surface area contributed by atoms with Crippen LogP contribution in [0.15, 0.2) is 52.7 Å². The molecular formula is C19H15Cl2N3O4S. The number of nitrogens with zero attached hydrogens (tertiary/aromatic N) is 2. The van der Waals surface area contributed by atoms with Crippen molar-refractivity contribution in [1.29, 1.82) is 0 Å². The highest BCUT2D eigenvalue weighted by atomic mass is 35.5. The van der Waals surface area contributed by atoms with Crippen LogP contribution in [0.3, 0.4) is 0 Å². The van der Waals surface area contributed by atoms with E-state index in [0.717, 1.165) is 17.3 Å². The number of hydrogen-bond acceptors (Lipinski definition) is 6. The van der Waals surface area contributed by atoms with Gasteiger partial charge in [0.1, 0.15) is 17.6 Å². The SMILES string of the molecule is O=C(O)C[C@@H]1S/C(=N\N=C/c2cc(Cl)cc(Cl)c2OCc2ccccc2)NC1=O. The van der Waals surface area contributed by atoms with Gasteiger partial charge >= 0.3 is 5.97 Å². The van der Waals surface area contributed by atoms with E-state index in [1.165, 1.54) is 6.21 Å². The fraction of sp³-hybridized carbons (Fsp3) is 0.158. The molecule has 2 aromatic carbocycles. The minimum atomic E-state index is -1.06. The van der Waals surface area contributed by atoms with Crippen LogP contribution in [0, 0.1) is 0 Å². The smallest absolute Gasteiger partial charge is 0.305 e. The predicted octanol–water partition coefficient (Wildman–Crippen LogP) is 3.97. The molecule has 2 N–H and O–H groups in total. The van der Waals surface area contributed by atoms with E-state index in [0.29, 0.717) is 28.0 Å². The lowest BCUT2D eigenvalue weighted by molar-refractivity contribution is -0.138. The summed E-state index contributed by atoms with van der Waals surface area (Å²) in [5.41, 5.74) is 1.48. The molecule has 0 aliphatic carbocycles. The number of nitrogens with one attached hydrogen (secondary N) is 1. The van der Waals surface area contributed by atoms with Crippen LogP contribution in [0.5, 0.6) is 5.75 Å². The van der Waals surface area contributed by atoms with Gasteiger partial charge in [-0.25, -0.2) is 0 Å². The molecule has 150 valence electrons. The van der Waals surface area contributed by atoms with Crippen LogP contribution in [0.4, 0.5) is 0 Å². The zero-order chi connectivity index (χ0) is 20.8. The number of carbonyl (C=O) groups is 2. The van der Waals surface area contributed by atoms with Gasteiger partial charge in [0.25, 0.3) is 0 Å². The summed E-state index contributed by atoms with van der Waals surface area (Å²) in [6, 6.07) is 12.8. The van der Waals surface area contributed by atoms with Crippen LogP contribution in [0.2, 0.25) is 10.0 Å². The second kappa shape index (κ2) is 9.78. The second-order valence-electron chi connectivity index (χ2n) is 5.92. The van der Waals surface area contributed by atoms with Gasteiger partial charge in [-0.2, -0.15) is 5.10 Å². The van der Waals surface area contributed by atoms with Crippen molar-refractivity contribution in [2.75, 3.05) is 0 Å². The number of halogens is 2. The van der Waals surface area contributed by atoms with Gasteiger partial charge in [0.15, 0.2) is 5.17 Å². The maximum atomic E-state index is 11.7. The van der Waals surface area contributed by atoms with E-state index in [9.17, 15) is 9.59 Å². The van der Waals surface area contributed by atoms with Gasteiger partial charge in [-0.15, -0.1) is 5.10 Å². The fourth-order valence-corrected chi connectivity index (χ4v) is 3.93. The average Bonchev–Trinajstić information content (AvgIpc) is 3.00. The number of ether oxygens (including phenoxy) is 1. The molecule has 0 saturated carbocycles. The summed E-state index contributed by atoms with van der Waals surface area (Å²) in [6.45, 7) is 0.306. The highest BCUT2D eigenvalue weighted by Crippen LogP contribution is 2.32. The number of hydrogen-bond donors (Lipinski definition) is 2. The van der Waals surface area contributed by atoms with E-state index >= 15 is 0 Å². The highest BCUT2D eigenvalue weighted by Gasteiger charge is 2.32. The summed E-state index contributed by atoms with van der Waals surface area (Å²) in [5, 5.41) is 19.4. The van der Waals surface area contributed by atoms with E-state index in [2.05, 4.69) is 15.5 Å². The lowest BCUT2D eigenvalue weighted by atomic mass is 10.2. The van der Waals surface area contributed by atoms with Crippen molar-refractivity contribution in [3.63, 3.8) is 0 Å². The first kappa shape index (κ1) is 21.2. The maximum Gasteiger partial charge on any atom is 0.305 e. The Labute approximate surface area is 180 Å². The third-order valence-corrected chi connectivity index (χ3v) is 5.32. The summed E-state index contributed by atoms with van der Waals surface area (Å²) in [6.07, 6.45) is 1.11. The number of benzene rings is 2. The third kappa shape index (κ3) is 5.96. The van der Waals surface area contributed by atoms with E-state index in [1.54, 1.807) is 12.1 Å².